The summed E-state index contributed by atoms with van der Waals surface area (Å²) in [5.74, 6) is -0.0491. The molecule has 114 valence electrons. The molecule has 6 heteroatoms. The topological polar surface area (TPSA) is 55.6 Å². The third kappa shape index (κ3) is 3.48. The van der Waals surface area contributed by atoms with E-state index in [0.29, 0.717) is 41.9 Å². The van der Waals surface area contributed by atoms with Crippen molar-refractivity contribution < 1.29 is 9.53 Å². The van der Waals surface area contributed by atoms with Crippen LogP contribution in [0, 0.1) is 0 Å². The molecule has 2 rings (SSSR count). The molecule has 0 fully saturated rings. The first-order chi connectivity index (χ1) is 10.1. The molecule has 1 heterocycles. The van der Waals surface area contributed by atoms with Gasteiger partial charge in [-0.3, -0.25) is 4.79 Å². The van der Waals surface area contributed by atoms with Crippen LogP contribution in [0.3, 0.4) is 0 Å². The summed E-state index contributed by atoms with van der Waals surface area (Å²) in [6.07, 6.45) is 0. The summed E-state index contributed by atoms with van der Waals surface area (Å²) in [5, 5.41) is 1.46. The SMILES string of the molecule is CCOCCN(CC)C(=O)c1sc2ccc(Cl)cc2c1N. The lowest BCUT2D eigenvalue weighted by molar-refractivity contribution is 0.0674. The number of thiophene rings is 1. The van der Waals surface area contributed by atoms with Gasteiger partial charge in [-0.25, -0.2) is 0 Å². The van der Waals surface area contributed by atoms with Crippen molar-refractivity contribution in [2.75, 3.05) is 32.0 Å². The minimum absolute atomic E-state index is 0.0491. The lowest BCUT2D eigenvalue weighted by Gasteiger charge is -2.20. The number of anilines is 1. The largest absolute Gasteiger partial charge is 0.397 e. The number of rotatable bonds is 6. The maximum Gasteiger partial charge on any atom is 0.266 e. The molecule has 0 spiro atoms. The number of carbonyl (C=O) groups is 1. The molecule has 1 amide bonds. The number of benzene rings is 1. The van der Waals surface area contributed by atoms with Gasteiger partial charge < -0.3 is 15.4 Å². The van der Waals surface area contributed by atoms with Crippen LogP contribution in [0.25, 0.3) is 10.1 Å². The molecule has 0 saturated carbocycles. The van der Waals surface area contributed by atoms with Crippen LogP contribution in [0.5, 0.6) is 0 Å². The smallest absolute Gasteiger partial charge is 0.266 e. The Morgan fingerprint density at radius 2 is 2.19 bits per heavy atom. The molecule has 21 heavy (non-hydrogen) atoms. The first-order valence-corrected chi connectivity index (χ1v) is 8.12. The van der Waals surface area contributed by atoms with Crippen LogP contribution >= 0.6 is 22.9 Å². The van der Waals surface area contributed by atoms with Crippen LogP contribution in [-0.2, 0) is 4.74 Å². The number of hydrogen-bond acceptors (Lipinski definition) is 4. The van der Waals surface area contributed by atoms with Gasteiger partial charge in [-0.15, -0.1) is 11.3 Å². The predicted molar refractivity (Wildman–Crippen MR) is 89.3 cm³/mol. The van der Waals surface area contributed by atoms with Gasteiger partial charge in [0, 0.05) is 34.8 Å². The highest BCUT2D eigenvalue weighted by atomic mass is 35.5. The zero-order valence-electron chi connectivity index (χ0n) is 12.2. The molecular formula is C15H19ClN2O2S. The monoisotopic (exact) mass is 326 g/mol. The number of nitrogens with zero attached hydrogens (tertiary/aromatic N) is 1. The van der Waals surface area contributed by atoms with Crippen molar-refractivity contribution in [1.82, 2.24) is 4.90 Å². The first-order valence-electron chi connectivity index (χ1n) is 6.93. The number of carbonyl (C=O) groups excluding carboxylic acids is 1. The quantitative estimate of drug-likeness (QED) is 0.825. The number of nitrogen functional groups attached to an aromatic ring is 1. The summed E-state index contributed by atoms with van der Waals surface area (Å²) in [7, 11) is 0. The summed E-state index contributed by atoms with van der Waals surface area (Å²) in [6.45, 7) is 6.26. The van der Waals surface area contributed by atoms with Crippen LogP contribution < -0.4 is 5.73 Å². The Morgan fingerprint density at radius 3 is 2.86 bits per heavy atom. The third-order valence-corrected chi connectivity index (χ3v) is 4.67. The van der Waals surface area contributed by atoms with Crippen molar-refractivity contribution in [3.8, 4) is 0 Å². The van der Waals surface area contributed by atoms with Crippen LogP contribution in [0.4, 0.5) is 5.69 Å². The summed E-state index contributed by atoms with van der Waals surface area (Å²) >= 11 is 7.40. The molecule has 1 aromatic heterocycles. The Kier molecular flexibility index (Phi) is 5.45. The molecule has 0 unspecified atom stereocenters. The van der Waals surface area contributed by atoms with Crippen LogP contribution in [-0.4, -0.2) is 37.1 Å². The van der Waals surface area contributed by atoms with Gasteiger partial charge in [0.1, 0.15) is 4.88 Å². The number of likely N-dealkylation sites (N-methyl/N-ethyl adjacent to an activating group) is 1. The fourth-order valence-electron chi connectivity index (χ4n) is 2.11. The molecule has 0 aliphatic heterocycles. The van der Waals surface area contributed by atoms with Crippen molar-refractivity contribution in [2.45, 2.75) is 13.8 Å². The second-order valence-electron chi connectivity index (χ2n) is 4.57. The number of ether oxygens (including phenoxy) is 1. The third-order valence-electron chi connectivity index (χ3n) is 3.26. The summed E-state index contributed by atoms with van der Waals surface area (Å²) in [4.78, 5) is 14.9. The molecule has 0 atom stereocenters. The lowest BCUT2D eigenvalue weighted by Crippen LogP contribution is -2.33. The van der Waals surface area contributed by atoms with Crippen LogP contribution in [0.2, 0.25) is 5.02 Å². The van der Waals surface area contributed by atoms with Crippen LogP contribution in [0.1, 0.15) is 23.5 Å². The van der Waals surface area contributed by atoms with E-state index < -0.39 is 0 Å². The van der Waals surface area contributed by atoms with E-state index in [4.69, 9.17) is 22.1 Å². The highest BCUT2D eigenvalue weighted by Gasteiger charge is 2.21. The minimum Gasteiger partial charge on any atom is -0.397 e. The Labute approximate surface area is 133 Å². The molecule has 0 aliphatic rings. The summed E-state index contributed by atoms with van der Waals surface area (Å²) in [5.41, 5.74) is 6.64. The van der Waals surface area contributed by atoms with E-state index in [9.17, 15) is 4.79 Å². The zero-order chi connectivity index (χ0) is 15.4. The second kappa shape index (κ2) is 7.11. The average Bonchev–Trinajstić information content (AvgIpc) is 2.80. The molecule has 0 radical (unpaired) electrons. The van der Waals surface area contributed by atoms with Crippen LogP contribution in [0.15, 0.2) is 18.2 Å². The number of fused-ring (bicyclic) bond motifs is 1. The Morgan fingerprint density at radius 1 is 1.43 bits per heavy atom. The van der Waals surface area contributed by atoms with Crippen molar-refractivity contribution in [3.63, 3.8) is 0 Å². The average molecular weight is 327 g/mol. The van der Waals surface area contributed by atoms with Gasteiger partial charge in [0.25, 0.3) is 5.91 Å². The number of amides is 1. The molecule has 2 N–H and O–H groups in total. The van der Waals surface area contributed by atoms with E-state index in [-0.39, 0.29) is 5.91 Å². The maximum absolute atomic E-state index is 12.6. The van der Waals surface area contributed by atoms with Crippen molar-refractivity contribution in [1.29, 1.82) is 0 Å². The number of hydrogen-bond donors (Lipinski definition) is 1. The Balaban J connectivity index is 2.27. The van der Waals surface area contributed by atoms with Gasteiger partial charge in [0.15, 0.2) is 0 Å². The van der Waals surface area contributed by atoms with Gasteiger partial charge in [0.2, 0.25) is 0 Å². The van der Waals surface area contributed by atoms with Crippen molar-refractivity contribution >= 4 is 44.6 Å². The normalized spacial score (nSPS) is 11.0. The molecule has 0 saturated heterocycles. The molecule has 4 nitrogen and oxygen atoms in total. The van der Waals surface area contributed by atoms with Gasteiger partial charge in [-0.05, 0) is 32.0 Å². The zero-order valence-corrected chi connectivity index (χ0v) is 13.8. The predicted octanol–water partition coefficient (Wildman–Crippen LogP) is 3.64. The number of halogens is 1. The molecule has 0 aliphatic carbocycles. The van der Waals surface area contributed by atoms with E-state index in [0.717, 1.165) is 10.1 Å². The van der Waals surface area contributed by atoms with Gasteiger partial charge in [-0.1, -0.05) is 11.6 Å². The molecule has 0 bridgehead atoms. The fraction of sp³-hybridized carbons (Fsp3) is 0.400. The van der Waals surface area contributed by atoms with E-state index >= 15 is 0 Å². The highest BCUT2D eigenvalue weighted by molar-refractivity contribution is 7.21. The van der Waals surface area contributed by atoms with Gasteiger partial charge in [-0.2, -0.15) is 0 Å². The van der Waals surface area contributed by atoms with Crippen molar-refractivity contribution in [2.24, 2.45) is 0 Å². The lowest BCUT2D eigenvalue weighted by atomic mass is 10.2. The maximum atomic E-state index is 12.6. The summed E-state index contributed by atoms with van der Waals surface area (Å²) < 4.78 is 6.29. The standard InChI is InChI=1S/C15H19ClN2O2S/c1-3-18(7-8-20-4-2)15(19)14-13(17)11-9-10(16)5-6-12(11)21-14/h5-6,9H,3-4,7-8,17H2,1-2H3. The van der Waals surface area contributed by atoms with Gasteiger partial charge >= 0.3 is 0 Å². The van der Waals surface area contributed by atoms with E-state index in [1.54, 1.807) is 17.0 Å². The van der Waals surface area contributed by atoms with Gasteiger partial charge in [0.05, 0.1) is 12.3 Å². The van der Waals surface area contributed by atoms with Crippen molar-refractivity contribution in [3.05, 3.63) is 28.1 Å². The fourth-order valence-corrected chi connectivity index (χ4v) is 3.36. The van der Waals surface area contributed by atoms with E-state index in [1.807, 2.05) is 19.9 Å². The second-order valence-corrected chi connectivity index (χ2v) is 6.06. The minimum atomic E-state index is -0.0491. The molecular weight excluding hydrogens is 308 g/mol. The Bertz CT molecular complexity index is 642. The van der Waals surface area contributed by atoms with E-state index in [1.165, 1.54) is 11.3 Å². The molecule has 1 aromatic carbocycles. The first kappa shape index (κ1) is 16.1. The molecule has 2 aromatic rings. The van der Waals surface area contributed by atoms with E-state index in [2.05, 4.69) is 0 Å². The summed E-state index contributed by atoms with van der Waals surface area (Å²) in [6, 6.07) is 5.50. The highest BCUT2D eigenvalue weighted by Crippen LogP contribution is 2.35. The number of nitrogens with two attached hydrogens (primary N) is 1. The Hall–Kier alpha value is -1.30.